The fraction of sp³-hybridized carbons (Fsp3) is 0.571. The largest absolute Gasteiger partial charge is 0.490 e. The van der Waals surface area contributed by atoms with Crippen molar-refractivity contribution in [1.29, 1.82) is 0 Å². The second kappa shape index (κ2) is 13.6. The summed E-state index contributed by atoms with van der Waals surface area (Å²) in [5.74, 6) is 0.393. The number of fused-ring (bicyclic) bond motifs is 4. The topological polar surface area (TPSA) is 105 Å². The predicted molar refractivity (Wildman–Crippen MR) is 177 cm³/mol. The summed E-state index contributed by atoms with van der Waals surface area (Å²) in [4.78, 5) is 15.9. The van der Waals surface area contributed by atoms with E-state index in [0.717, 1.165) is 55.7 Å². The summed E-state index contributed by atoms with van der Waals surface area (Å²) in [5, 5.41) is 11.0. The minimum absolute atomic E-state index is 0.00425. The quantitative estimate of drug-likeness (QED) is 0.310. The van der Waals surface area contributed by atoms with E-state index in [2.05, 4.69) is 21.8 Å². The molecule has 0 saturated heterocycles. The van der Waals surface area contributed by atoms with E-state index in [1.165, 1.54) is 11.1 Å². The van der Waals surface area contributed by atoms with Gasteiger partial charge in [0.2, 0.25) is 10.0 Å². The number of hydrogen-bond donors (Lipinski definition) is 2. The number of allylic oxidation sites excluding steroid dienone is 1. The van der Waals surface area contributed by atoms with Gasteiger partial charge in [0.15, 0.2) is 0 Å². The summed E-state index contributed by atoms with van der Waals surface area (Å²) in [6.45, 7) is 4.40. The molecule has 1 spiro atoms. The van der Waals surface area contributed by atoms with E-state index < -0.39 is 27.3 Å². The van der Waals surface area contributed by atoms with Crippen molar-refractivity contribution in [2.45, 2.75) is 81.5 Å². The number of aliphatic hydroxyl groups excluding tert-OH is 1. The van der Waals surface area contributed by atoms with E-state index in [-0.39, 0.29) is 35.8 Å². The number of carbonyl (C=O) groups is 1. The van der Waals surface area contributed by atoms with Gasteiger partial charge in [-0.1, -0.05) is 43.2 Å². The molecule has 4 aliphatic rings. The molecule has 0 unspecified atom stereocenters. The normalized spacial score (nSPS) is 30.2. The van der Waals surface area contributed by atoms with Crippen molar-refractivity contribution in [2.24, 2.45) is 11.8 Å². The lowest BCUT2D eigenvalue weighted by Crippen LogP contribution is -2.49. The lowest BCUT2D eigenvalue weighted by atomic mass is 9.68. The highest BCUT2D eigenvalue weighted by atomic mass is 35.5. The van der Waals surface area contributed by atoms with Crippen LogP contribution in [0.3, 0.4) is 0 Å². The van der Waals surface area contributed by atoms with Crippen LogP contribution >= 0.6 is 11.6 Å². The first-order valence-electron chi connectivity index (χ1n) is 16.5. The average molecular weight is 657 g/mol. The van der Waals surface area contributed by atoms with Gasteiger partial charge in [-0.25, -0.2) is 13.1 Å². The Kier molecular flexibility index (Phi) is 9.81. The SMILES string of the molecule is CCCCOC[C@H]1CC/C=C\[C@H](O)[C@@H]2CC[C@H]2CN2C[C@@]3(CCCc4cc(Cl)ccc43)COc3ccc(cc32)C(=O)NS1(=O)=O. The number of anilines is 1. The zero-order chi connectivity index (χ0) is 31.6. The molecule has 2 heterocycles. The van der Waals surface area contributed by atoms with Gasteiger partial charge < -0.3 is 19.5 Å². The highest BCUT2D eigenvalue weighted by molar-refractivity contribution is 7.90. The van der Waals surface area contributed by atoms with Crippen molar-refractivity contribution in [3.8, 4) is 5.75 Å². The summed E-state index contributed by atoms with van der Waals surface area (Å²) < 4.78 is 41.6. The molecule has 1 fully saturated rings. The first-order valence-corrected chi connectivity index (χ1v) is 18.4. The highest BCUT2D eigenvalue weighted by Crippen LogP contribution is 2.46. The number of amides is 1. The summed E-state index contributed by atoms with van der Waals surface area (Å²) >= 11 is 6.40. The van der Waals surface area contributed by atoms with Crippen molar-refractivity contribution in [1.82, 2.24) is 4.72 Å². The van der Waals surface area contributed by atoms with Crippen molar-refractivity contribution >= 4 is 33.2 Å². The van der Waals surface area contributed by atoms with Gasteiger partial charge in [-0.3, -0.25) is 4.79 Å². The molecule has 2 bridgehead atoms. The Bertz CT molecular complexity index is 1530. The predicted octanol–water partition coefficient (Wildman–Crippen LogP) is 5.80. The Hall–Kier alpha value is -2.59. The van der Waals surface area contributed by atoms with E-state index >= 15 is 0 Å². The third-order valence-electron chi connectivity index (χ3n) is 10.3. The molecule has 2 N–H and O–H groups in total. The van der Waals surface area contributed by atoms with Crippen LogP contribution in [0.4, 0.5) is 5.69 Å². The van der Waals surface area contributed by atoms with Crippen LogP contribution in [0.1, 0.15) is 79.8 Å². The molecule has 45 heavy (non-hydrogen) atoms. The molecule has 2 aromatic rings. The monoisotopic (exact) mass is 656 g/mol. The second-order valence-corrected chi connectivity index (χ2v) is 15.7. The number of aliphatic hydroxyl groups is 1. The molecule has 0 aromatic heterocycles. The number of aryl methyl sites for hydroxylation is 1. The second-order valence-electron chi connectivity index (χ2n) is 13.3. The molecule has 244 valence electrons. The number of unbranched alkanes of at least 4 members (excludes halogenated alkanes) is 1. The van der Waals surface area contributed by atoms with E-state index in [4.69, 9.17) is 21.1 Å². The molecule has 10 heteroatoms. The maximum atomic E-state index is 13.5. The molecule has 5 atom stereocenters. The Morgan fingerprint density at radius 1 is 1.18 bits per heavy atom. The molecule has 2 aromatic carbocycles. The Morgan fingerprint density at radius 3 is 2.84 bits per heavy atom. The minimum atomic E-state index is -4.04. The molecule has 8 nitrogen and oxygen atoms in total. The molecule has 6 rings (SSSR count). The molecule has 1 amide bonds. The van der Waals surface area contributed by atoms with Gasteiger partial charge in [-0.2, -0.15) is 0 Å². The van der Waals surface area contributed by atoms with Crippen molar-refractivity contribution in [3.63, 3.8) is 0 Å². The number of carbonyl (C=O) groups excluding carboxylic acids is 1. The van der Waals surface area contributed by atoms with E-state index in [1.54, 1.807) is 18.2 Å². The molecule has 1 saturated carbocycles. The van der Waals surface area contributed by atoms with Crippen molar-refractivity contribution in [2.75, 3.05) is 37.8 Å². The van der Waals surface area contributed by atoms with Crippen LogP contribution in [0.5, 0.6) is 5.75 Å². The van der Waals surface area contributed by atoms with Crippen LogP contribution in [-0.4, -0.2) is 63.7 Å². The van der Waals surface area contributed by atoms with Crippen LogP contribution in [0.15, 0.2) is 48.6 Å². The van der Waals surface area contributed by atoms with Gasteiger partial charge in [0.05, 0.1) is 25.0 Å². The van der Waals surface area contributed by atoms with Crippen LogP contribution in [0, 0.1) is 11.8 Å². The molecule has 0 radical (unpaired) electrons. The third kappa shape index (κ3) is 6.92. The zero-order valence-corrected chi connectivity index (χ0v) is 27.6. The number of sulfonamides is 1. The smallest absolute Gasteiger partial charge is 0.264 e. The van der Waals surface area contributed by atoms with Crippen LogP contribution in [0.25, 0.3) is 0 Å². The number of rotatable bonds is 5. The lowest BCUT2D eigenvalue weighted by molar-refractivity contribution is 0.0456. The van der Waals surface area contributed by atoms with Crippen LogP contribution < -0.4 is 14.4 Å². The number of benzene rings is 2. The summed E-state index contributed by atoms with van der Waals surface area (Å²) in [5.41, 5.74) is 3.27. The van der Waals surface area contributed by atoms with E-state index in [9.17, 15) is 18.3 Å². The van der Waals surface area contributed by atoms with E-state index in [1.807, 2.05) is 25.1 Å². The summed E-state index contributed by atoms with van der Waals surface area (Å²) in [7, 11) is -4.04. The fourth-order valence-corrected chi connectivity index (χ4v) is 8.99. The van der Waals surface area contributed by atoms with Gasteiger partial charge in [0.25, 0.3) is 5.91 Å². The van der Waals surface area contributed by atoms with Crippen molar-refractivity contribution in [3.05, 3.63) is 70.3 Å². The van der Waals surface area contributed by atoms with E-state index in [0.29, 0.717) is 38.5 Å². The number of halogens is 1. The maximum absolute atomic E-state index is 13.5. The first-order chi connectivity index (χ1) is 21.7. The van der Waals surface area contributed by atoms with Gasteiger partial charge in [-0.15, -0.1) is 0 Å². The molecule has 2 aliphatic carbocycles. The van der Waals surface area contributed by atoms with Gasteiger partial charge in [0.1, 0.15) is 11.0 Å². The maximum Gasteiger partial charge on any atom is 0.264 e. The Labute approximate surface area is 272 Å². The Morgan fingerprint density at radius 2 is 2.04 bits per heavy atom. The van der Waals surface area contributed by atoms with Gasteiger partial charge in [-0.05, 0) is 105 Å². The first kappa shape index (κ1) is 32.4. The minimum Gasteiger partial charge on any atom is -0.490 e. The fourth-order valence-electron chi connectivity index (χ4n) is 7.53. The standard InChI is InChI=1S/C35H45ClN2O6S/c1-2-3-17-43-21-28-8-4-5-9-32(39)29-13-10-26(29)20-38-22-35(16-6-7-24-18-27(36)12-14-30(24)35)23-44-33-15-11-25(19-31(33)38)34(40)37-45(28,41)42/h5,9,11-12,14-15,18-19,26,28-29,32,39H,2-4,6-8,10,13,16-17,20-23H2,1H3,(H,37,40)/b9-5-/t26-,28+,29+,32-,35-/m0/s1. The number of nitrogens with one attached hydrogen (secondary N) is 1. The summed E-state index contributed by atoms with van der Waals surface area (Å²) in [6, 6.07) is 11.4. The molecular formula is C35H45ClN2O6S. The highest BCUT2D eigenvalue weighted by Gasteiger charge is 2.44. The lowest BCUT2D eigenvalue weighted by Gasteiger charge is -2.45. The van der Waals surface area contributed by atoms with Gasteiger partial charge >= 0.3 is 0 Å². The van der Waals surface area contributed by atoms with Crippen LogP contribution in [0.2, 0.25) is 5.02 Å². The molecule has 2 aliphatic heterocycles. The number of ether oxygens (including phenoxy) is 2. The number of nitrogens with zero attached hydrogens (tertiary/aromatic N) is 1. The average Bonchev–Trinajstić information content (AvgIpc) is 3.14. The number of hydrogen-bond acceptors (Lipinski definition) is 7. The van der Waals surface area contributed by atoms with Crippen molar-refractivity contribution < 1.29 is 27.8 Å². The van der Waals surface area contributed by atoms with Crippen LogP contribution in [-0.2, 0) is 26.6 Å². The zero-order valence-electron chi connectivity index (χ0n) is 26.0. The Balaban J connectivity index is 1.36. The summed E-state index contributed by atoms with van der Waals surface area (Å²) in [6.07, 6.45) is 10.5. The van der Waals surface area contributed by atoms with Gasteiger partial charge in [0, 0.05) is 35.7 Å². The third-order valence-corrected chi connectivity index (χ3v) is 12.2. The molecular weight excluding hydrogens is 612 g/mol.